The number of carbonyl (C=O) groups is 1. The van der Waals surface area contributed by atoms with Crippen LogP contribution in [0.2, 0.25) is 0 Å². The van der Waals surface area contributed by atoms with Crippen LogP contribution in [0.25, 0.3) is 21.3 Å². The number of thiazole rings is 1. The van der Waals surface area contributed by atoms with E-state index >= 15 is 0 Å². The van der Waals surface area contributed by atoms with Crippen LogP contribution in [0.5, 0.6) is 0 Å². The molecule has 1 unspecified atom stereocenters. The zero-order valence-electron chi connectivity index (χ0n) is 16.3. The Balaban J connectivity index is 1.64. The minimum atomic E-state index is -3.74. The van der Waals surface area contributed by atoms with Crippen molar-refractivity contribution in [1.82, 2.24) is 15.5 Å². The highest BCUT2D eigenvalue weighted by Crippen LogP contribution is 2.33. The Kier molecular flexibility index (Phi) is 5.40. The number of nitrogens with zero attached hydrogens (tertiary/aromatic N) is 2. The Labute approximate surface area is 177 Å². The van der Waals surface area contributed by atoms with Gasteiger partial charge in [0.1, 0.15) is 5.01 Å². The lowest BCUT2D eigenvalue weighted by atomic mass is 10.1. The summed E-state index contributed by atoms with van der Waals surface area (Å²) in [5, 5.41) is 5.22. The number of nitrogens with one attached hydrogen (secondary N) is 1. The van der Waals surface area contributed by atoms with Gasteiger partial charge in [0.15, 0.2) is 20.8 Å². The van der Waals surface area contributed by atoms with Gasteiger partial charge in [0.05, 0.1) is 22.5 Å². The van der Waals surface area contributed by atoms with E-state index in [1.807, 2.05) is 48.5 Å². The predicted molar refractivity (Wildman–Crippen MR) is 116 cm³/mol. The third-order valence-electron chi connectivity index (χ3n) is 4.52. The molecule has 0 aliphatic heterocycles. The third-order valence-corrected chi connectivity index (χ3v) is 7.04. The SMILES string of the molecule is Cc1cc(CNC(=O)C(c2nc3ccc(-c4ccccc4)cc3s2)S(C)(=O)=O)on1. The van der Waals surface area contributed by atoms with E-state index in [4.69, 9.17) is 4.52 Å². The summed E-state index contributed by atoms with van der Waals surface area (Å²) in [6, 6.07) is 17.3. The van der Waals surface area contributed by atoms with Crippen molar-refractivity contribution in [3.63, 3.8) is 0 Å². The maximum Gasteiger partial charge on any atom is 0.245 e. The molecule has 2 aromatic heterocycles. The molecular weight excluding hydrogens is 422 g/mol. The van der Waals surface area contributed by atoms with Gasteiger partial charge in [-0.3, -0.25) is 4.79 Å². The highest BCUT2D eigenvalue weighted by Gasteiger charge is 2.34. The Morgan fingerprint density at radius 3 is 2.57 bits per heavy atom. The summed E-state index contributed by atoms with van der Waals surface area (Å²) in [6.45, 7) is 1.81. The van der Waals surface area contributed by atoms with E-state index in [0.29, 0.717) is 17.0 Å². The van der Waals surface area contributed by atoms with E-state index < -0.39 is 21.0 Å². The van der Waals surface area contributed by atoms with E-state index in [-0.39, 0.29) is 11.6 Å². The molecule has 0 radical (unpaired) electrons. The van der Waals surface area contributed by atoms with Crippen molar-refractivity contribution in [3.8, 4) is 11.1 Å². The Morgan fingerprint density at radius 1 is 1.13 bits per heavy atom. The first-order valence-corrected chi connectivity index (χ1v) is 11.9. The molecule has 0 saturated heterocycles. The van der Waals surface area contributed by atoms with Gasteiger partial charge >= 0.3 is 0 Å². The van der Waals surface area contributed by atoms with Crippen LogP contribution in [0.1, 0.15) is 21.7 Å². The van der Waals surface area contributed by atoms with Crippen LogP contribution in [-0.2, 0) is 21.2 Å². The molecule has 2 heterocycles. The van der Waals surface area contributed by atoms with Crippen LogP contribution in [0.15, 0.2) is 59.1 Å². The number of hydrogen-bond acceptors (Lipinski definition) is 7. The van der Waals surface area contributed by atoms with Crippen LogP contribution >= 0.6 is 11.3 Å². The number of sulfone groups is 1. The summed E-state index contributed by atoms with van der Waals surface area (Å²) in [5.74, 6) is -0.196. The maximum atomic E-state index is 12.8. The van der Waals surface area contributed by atoms with Gasteiger partial charge in [-0.25, -0.2) is 13.4 Å². The number of benzene rings is 2. The Morgan fingerprint density at radius 2 is 1.90 bits per heavy atom. The van der Waals surface area contributed by atoms with Crippen molar-refractivity contribution in [1.29, 1.82) is 0 Å². The number of aryl methyl sites for hydroxylation is 1. The van der Waals surface area contributed by atoms with E-state index in [2.05, 4.69) is 15.5 Å². The number of aromatic nitrogens is 2. The number of fused-ring (bicyclic) bond motifs is 1. The van der Waals surface area contributed by atoms with Crippen LogP contribution < -0.4 is 5.32 Å². The summed E-state index contributed by atoms with van der Waals surface area (Å²) < 4.78 is 30.7. The van der Waals surface area contributed by atoms with Crippen molar-refractivity contribution in [2.45, 2.75) is 18.7 Å². The summed E-state index contributed by atoms with van der Waals surface area (Å²) in [7, 11) is -3.74. The fraction of sp³-hybridized carbons (Fsp3) is 0.190. The minimum Gasteiger partial charge on any atom is -0.359 e. The molecule has 2 aromatic carbocycles. The smallest absolute Gasteiger partial charge is 0.245 e. The highest BCUT2D eigenvalue weighted by atomic mass is 32.2. The number of amides is 1. The van der Waals surface area contributed by atoms with Gasteiger partial charge < -0.3 is 9.84 Å². The molecule has 0 aliphatic rings. The fourth-order valence-electron chi connectivity index (χ4n) is 3.12. The summed E-state index contributed by atoms with van der Waals surface area (Å²) in [5.41, 5.74) is 3.38. The first-order valence-electron chi connectivity index (χ1n) is 9.16. The molecule has 0 saturated carbocycles. The molecule has 4 aromatic rings. The van der Waals surface area contributed by atoms with Crippen molar-refractivity contribution in [3.05, 3.63) is 71.1 Å². The minimum absolute atomic E-state index is 0.0503. The quantitative estimate of drug-likeness (QED) is 0.490. The van der Waals surface area contributed by atoms with Gasteiger partial charge in [-0.1, -0.05) is 41.6 Å². The molecule has 30 heavy (non-hydrogen) atoms. The van der Waals surface area contributed by atoms with E-state index in [1.54, 1.807) is 13.0 Å². The van der Waals surface area contributed by atoms with Gasteiger partial charge in [-0.05, 0) is 30.2 Å². The lowest BCUT2D eigenvalue weighted by molar-refractivity contribution is -0.121. The van der Waals surface area contributed by atoms with Gasteiger partial charge in [0.25, 0.3) is 0 Å². The van der Waals surface area contributed by atoms with Crippen molar-refractivity contribution in [2.75, 3.05) is 6.26 Å². The summed E-state index contributed by atoms with van der Waals surface area (Å²) in [4.78, 5) is 17.2. The van der Waals surface area contributed by atoms with E-state index in [0.717, 1.165) is 22.1 Å². The Hall–Kier alpha value is -3.04. The highest BCUT2D eigenvalue weighted by molar-refractivity contribution is 7.91. The molecule has 1 N–H and O–H groups in total. The zero-order chi connectivity index (χ0) is 21.3. The molecule has 9 heteroatoms. The molecular formula is C21H19N3O4S2. The number of rotatable bonds is 6. The van der Waals surface area contributed by atoms with Crippen molar-refractivity contribution >= 4 is 37.3 Å². The molecule has 0 aliphatic carbocycles. The molecule has 1 amide bonds. The second kappa shape index (κ2) is 8.00. The Bertz CT molecular complexity index is 1310. The molecule has 7 nitrogen and oxygen atoms in total. The maximum absolute atomic E-state index is 12.8. The number of hydrogen-bond donors (Lipinski definition) is 1. The molecule has 4 rings (SSSR count). The second-order valence-electron chi connectivity index (χ2n) is 6.96. The van der Waals surface area contributed by atoms with Crippen molar-refractivity contribution in [2.24, 2.45) is 0 Å². The normalized spacial score (nSPS) is 12.7. The van der Waals surface area contributed by atoms with Gasteiger partial charge in [0, 0.05) is 12.3 Å². The van der Waals surface area contributed by atoms with E-state index in [9.17, 15) is 13.2 Å². The van der Waals surface area contributed by atoms with E-state index in [1.165, 1.54) is 11.3 Å². The summed E-state index contributed by atoms with van der Waals surface area (Å²) in [6.07, 6.45) is 1.04. The monoisotopic (exact) mass is 441 g/mol. The molecule has 0 bridgehead atoms. The van der Waals surface area contributed by atoms with Gasteiger partial charge in [-0.2, -0.15) is 0 Å². The first kappa shape index (κ1) is 20.2. The molecule has 0 fully saturated rings. The van der Waals surface area contributed by atoms with Gasteiger partial charge in [-0.15, -0.1) is 11.3 Å². The van der Waals surface area contributed by atoms with Crippen LogP contribution in [0, 0.1) is 6.92 Å². The second-order valence-corrected chi connectivity index (χ2v) is 10.2. The standard InChI is InChI=1S/C21H19N3O4S2/c1-13-10-16(28-24-13)12-22-20(25)19(30(2,26)27)21-23-17-9-8-15(11-18(17)29-21)14-6-4-3-5-7-14/h3-11,19H,12H2,1-2H3,(H,22,25). The lowest BCUT2D eigenvalue weighted by Crippen LogP contribution is -2.33. The number of carbonyl (C=O) groups excluding carboxylic acids is 1. The molecule has 1 atom stereocenters. The molecule has 0 spiro atoms. The lowest BCUT2D eigenvalue weighted by Gasteiger charge is -2.12. The summed E-state index contributed by atoms with van der Waals surface area (Å²) >= 11 is 1.21. The zero-order valence-corrected chi connectivity index (χ0v) is 18.0. The van der Waals surface area contributed by atoms with Gasteiger partial charge in [0.2, 0.25) is 5.91 Å². The van der Waals surface area contributed by atoms with Crippen LogP contribution in [0.4, 0.5) is 0 Å². The average Bonchev–Trinajstić information content (AvgIpc) is 3.31. The largest absolute Gasteiger partial charge is 0.359 e. The first-order chi connectivity index (χ1) is 14.3. The predicted octanol–water partition coefficient (Wildman–Crippen LogP) is 3.66. The average molecular weight is 442 g/mol. The van der Waals surface area contributed by atoms with Crippen molar-refractivity contribution < 1.29 is 17.7 Å². The van der Waals surface area contributed by atoms with Crippen LogP contribution in [0.3, 0.4) is 0 Å². The third kappa shape index (κ3) is 4.27. The fourth-order valence-corrected chi connectivity index (χ4v) is 5.67. The molecule has 154 valence electrons. The topological polar surface area (TPSA) is 102 Å². The van der Waals surface area contributed by atoms with Crippen LogP contribution in [-0.4, -0.2) is 30.7 Å².